The third kappa shape index (κ3) is 8.60. The highest BCUT2D eigenvalue weighted by Gasteiger charge is 2.18. The molecule has 1 rings (SSSR count). The topological polar surface area (TPSA) is 58.2 Å². The Kier molecular flexibility index (Phi) is 9.22. The Hall–Kier alpha value is -1.20. The van der Waals surface area contributed by atoms with E-state index < -0.39 is 11.0 Å². The van der Waals surface area contributed by atoms with Crippen LogP contribution in [-0.2, 0) is 22.2 Å². The first-order valence-electron chi connectivity index (χ1n) is 8.87. The molecule has 5 heteroatoms. The van der Waals surface area contributed by atoms with Gasteiger partial charge >= 0.3 is 0 Å². The van der Waals surface area contributed by atoms with Crippen LogP contribution < -0.4 is 10.0 Å². The Balaban J connectivity index is 2.21. The van der Waals surface area contributed by atoms with Crippen molar-refractivity contribution in [2.45, 2.75) is 71.0 Å². The summed E-state index contributed by atoms with van der Waals surface area (Å²) in [4.78, 5) is 11.9. The Bertz CT molecular complexity index is 521. The molecule has 2 N–H and O–H groups in total. The zero-order valence-electron chi connectivity index (χ0n) is 15.5. The van der Waals surface area contributed by atoms with E-state index in [1.165, 1.54) is 18.4 Å². The number of nitrogens with one attached hydrogen (secondary N) is 2. The number of amides is 1. The van der Waals surface area contributed by atoms with E-state index in [0.29, 0.717) is 13.0 Å². The first-order valence-corrected chi connectivity index (χ1v) is 10.0. The molecular weight excluding hydrogens is 320 g/mol. The summed E-state index contributed by atoms with van der Waals surface area (Å²) in [6.07, 6.45) is 5.59. The summed E-state index contributed by atoms with van der Waals surface area (Å²) in [5.41, 5.74) is 2.17. The van der Waals surface area contributed by atoms with Gasteiger partial charge in [-0.15, -0.1) is 0 Å². The molecule has 0 aliphatic heterocycles. The summed E-state index contributed by atoms with van der Waals surface area (Å²) in [6.45, 7) is 8.68. The molecule has 0 fully saturated rings. The predicted molar refractivity (Wildman–Crippen MR) is 103 cm³/mol. The summed E-state index contributed by atoms with van der Waals surface area (Å²) in [5.74, 6) is 0.0354. The lowest BCUT2D eigenvalue weighted by Gasteiger charge is -2.17. The second-order valence-electron chi connectivity index (χ2n) is 7.08. The monoisotopic (exact) mass is 352 g/mol. The molecule has 4 nitrogen and oxygen atoms in total. The van der Waals surface area contributed by atoms with Crippen LogP contribution in [0.25, 0.3) is 0 Å². The van der Waals surface area contributed by atoms with Gasteiger partial charge in [-0.2, -0.15) is 0 Å². The van der Waals surface area contributed by atoms with E-state index in [-0.39, 0.29) is 10.7 Å². The van der Waals surface area contributed by atoms with Crippen molar-refractivity contribution in [2.24, 2.45) is 0 Å². The molecule has 0 aliphatic rings. The molecule has 0 saturated heterocycles. The first kappa shape index (κ1) is 20.8. The molecular formula is C19H32N2O2S. The second-order valence-corrected chi connectivity index (χ2v) is 9.13. The first-order chi connectivity index (χ1) is 11.3. The summed E-state index contributed by atoms with van der Waals surface area (Å²) >= 11 is 0. The zero-order chi connectivity index (χ0) is 18.0. The lowest BCUT2D eigenvalue weighted by atomic mass is 10.1. The van der Waals surface area contributed by atoms with Gasteiger partial charge in [-0.1, -0.05) is 25.5 Å². The third-order valence-electron chi connectivity index (χ3n) is 3.68. The van der Waals surface area contributed by atoms with E-state index in [0.717, 1.165) is 24.9 Å². The fraction of sp³-hybridized carbons (Fsp3) is 0.632. The quantitative estimate of drug-likeness (QED) is 0.620. The van der Waals surface area contributed by atoms with Crippen molar-refractivity contribution < 1.29 is 9.00 Å². The number of anilines is 1. The molecule has 1 atom stereocenters. The van der Waals surface area contributed by atoms with Crippen molar-refractivity contribution in [1.82, 2.24) is 4.72 Å². The predicted octanol–water partition coefficient (Wildman–Crippen LogP) is 4.19. The van der Waals surface area contributed by atoms with E-state index in [2.05, 4.69) is 29.1 Å². The Morgan fingerprint density at radius 3 is 2.33 bits per heavy atom. The molecule has 0 heterocycles. The molecule has 1 unspecified atom stereocenters. The second kappa shape index (κ2) is 10.6. The molecule has 0 aliphatic carbocycles. The summed E-state index contributed by atoms with van der Waals surface area (Å²) in [7, 11) is -1.04. The van der Waals surface area contributed by atoms with E-state index in [1.54, 1.807) is 0 Å². The van der Waals surface area contributed by atoms with Crippen LogP contribution in [0.4, 0.5) is 5.69 Å². The maximum atomic E-state index is 11.9. The van der Waals surface area contributed by atoms with Crippen LogP contribution in [0, 0.1) is 0 Å². The fourth-order valence-corrected chi connectivity index (χ4v) is 2.91. The van der Waals surface area contributed by atoms with Crippen LogP contribution in [-0.4, -0.2) is 21.4 Å². The minimum atomic E-state index is -1.04. The molecule has 0 radical (unpaired) electrons. The number of benzene rings is 1. The van der Waals surface area contributed by atoms with Crippen molar-refractivity contribution in [1.29, 1.82) is 0 Å². The number of carbonyl (C=O) groups is 1. The number of aryl methyl sites for hydroxylation is 1. The number of hydrogen-bond acceptors (Lipinski definition) is 2. The Morgan fingerprint density at radius 2 is 1.75 bits per heavy atom. The van der Waals surface area contributed by atoms with E-state index >= 15 is 0 Å². The largest absolute Gasteiger partial charge is 0.326 e. The van der Waals surface area contributed by atoms with Gasteiger partial charge in [-0.05, 0) is 64.2 Å². The fourth-order valence-electron chi connectivity index (χ4n) is 2.15. The van der Waals surface area contributed by atoms with Gasteiger partial charge in [0.25, 0.3) is 0 Å². The molecule has 0 saturated carbocycles. The van der Waals surface area contributed by atoms with Crippen LogP contribution in [0.5, 0.6) is 0 Å². The van der Waals surface area contributed by atoms with Crippen LogP contribution >= 0.6 is 0 Å². The van der Waals surface area contributed by atoms with Crippen molar-refractivity contribution in [3.63, 3.8) is 0 Å². The smallest absolute Gasteiger partial charge is 0.224 e. The maximum absolute atomic E-state index is 11.9. The Labute approximate surface area is 149 Å². The molecule has 0 bridgehead atoms. The standard InChI is InChI=1S/C19H32N2O2S/c1-5-6-9-16-11-13-17(14-12-16)21-18(22)10-7-8-15-20-24(23)19(2,3)4/h11-14,20H,5-10,15H2,1-4H3,(H,21,22). The van der Waals surface area contributed by atoms with E-state index in [1.807, 2.05) is 32.9 Å². The van der Waals surface area contributed by atoms with E-state index in [4.69, 9.17) is 0 Å². The molecule has 1 aromatic rings. The van der Waals surface area contributed by atoms with Crippen LogP contribution in [0.1, 0.15) is 65.4 Å². The number of rotatable bonds is 10. The lowest BCUT2D eigenvalue weighted by molar-refractivity contribution is -0.116. The summed E-state index contributed by atoms with van der Waals surface area (Å²) in [5, 5.41) is 2.93. The van der Waals surface area contributed by atoms with Gasteiger partial charge in [0.1, 0.15) is 0 Å². The summed E-state index contributed by atoms with van der Waals surface area (Å²) < 4.78 is 14.6. The van der Waals surface area contributed by atoms with Crippen LogP contribution in [0.15, 0.2) is 24.3 Å². The van der Waals surface area contributed by atoms with Crippen molar-refractivity contribution in [3.8, 4) is 0 Å². The number of hydrogen-bond donors (Lipinski definition) is 2. The zero-order valence-corrected chi connectivity index (χ0v) is 16.3. The highest BCUT2D eigenvalue weighted by molar-refractivity contribution is 7.84. The summed E-state index contributed by atoms with van der Waals surface area (Å²) in [6, 6.07) is 8.10. The normalized spacial score (nSPS) is 12.8. The molecule has 0 aromatic heterocycles. The Morgan fingerprint density at radius 1 is 1.08 bits per heavy atom. The lowest BCUT2D eigenvalue weighted by Crippen LogP contribution is -2.33. The molecule has 136 valence electrons. The van der Waals surface area contributed by atoms with Crippen LogP contribution in [0.3, 0.4) is 0 Å². The SMILES string of the molecule is CCCCc1ccc(NC(=O)CCCCNS(=O)C(C)(C)C)cc1. The highest BCUT2D eigenvalue weighted by Crippen LogP contribution is 2.13. The van der Waals surface area contributed by atoms with Crippen LogP contribution in [0.2, 0.25) is 0 Å². The number of carbonyl (C=O) groups excluding carboxylic acids is 1. The molecule has 1 amide bonds. The average Bonchev–Trinajstić information content (AvgIpc) is 2.52. The van der Waals surface area contributed by atoms with E-state index in [9.17, 15) is 9.00 Å². The third-order valence-corrected chi connectivity index (χ3v) is 5.26. The average molecular weight is 353 g/mol. The molecule has 24 heavy (non-hydrogen) atoms. The minimum absolute atomic E-state index is 0.0354. The van der Waals surface area contributed by atoms with Gasteiger partial charge in [-0.25, -0.2) is 8.93 Å². The maximum Gasteiger partial charge on any atom is 0.224 e. The van der Waals surface area contributed by atoms with Crippen molar-refractivity contribution in [3.05, 3.63) is 29.8 Å². The van der Waals surface area contributed by atoms with Gasteiger partial charge in [0, 0.05) is 18.7 Å². The van der Waals surface area contributed by atoms with Gasteiger partial charge in [0.2, 0.25) is 5.91 Å². The number of unbranched alkanes of at least 4 members (excludes halogenated alkanes) is 2. The van der Waals surface area contributed by atoms with Gasteiger partial charge in [0.05, 0.1) is 15.7 Å². The van der Waals surface area contributed by atoms with Gasteiger partial charge in [0.15, 0.2) is 0 Å². The molecule has 0 spiro atoms. The van der Waals surface area contributed by atoms with Crippen molar-refractivity contribution >= 4 is 22.6 Å². The van der Waals surface area contributed by atoms with Gasteiger partial charge in [-0.3, -0.25) is 4.79 Å². The molecule has 1 aromatic carbocycles. The highest BCUT2D eigenvalue weighted by atomic mass is 32.2. The van der Waals surface area contributed by atoms with Crippen molar-refractivity contribution in [2.75, 3.05) is 11.9 Å². The minimum Gasteiger partial charge on any atom is -0.326 e. The van der Waals surface area contributed by atoms with Gasteiger partial charge < -0.3 is 5.32 Å².